The van der Waals surface area contributed by atoms with Crippen LogP contribution >= 0.6 is 11.8 Å². The second-order valence-electron chi connectivity index (χ2n) is 5.96. The second kappa shape index (κ2) is 4.47. The molecular formula is C13H28S. The summed E-state index contributed by atoms with van der Waals surface area (Å²) in [5, 5.41) is 0. The minimum absolute atomic E-state index is 0.348. The third-order valence-corrected chi connectivity index (χ3v) is 5.80. The van der Waals surface area contributed by atoms with Crippen LogP contribution in [-0.2, 0) is 0 Å². The third-order valence-electron chi connectivity index (χ3n) is 3.90. The normalized spacial score (nSPS) is 14.6. The quantitative estimate of drug-likeness (QED) is 0.614. The summed E-state index contributed by atoms with van der Waals surface area (Å²) < 4.78 is 0.747. The predicted molar refractivity (Wildman–Crippen MR) is 70.1 cm³/mol. The fourth-order valence-corrected chi connectivity index (χ4v) is 3.27. The van der Waals surface area contributed by atoms with Crippen LogP contribution < -0.4 is 0 Å². The molecule has 14 heavy (non-hydrogen) atoms. The van der Waals surface area contributed by atoms with E-state index in [1.165, 1.54) is 12.8 Å². The molecule has 0 aromatic rings. The highest BCUT2D eigenvalue weighted by molar-refractivity contribution is 8.01. The summed E-state index contributed by atoms with van der Waals surface area (Å²) in [5.41, 5.74) is 0.407. The first-order valence-corrected chi connectivity index (χ1v) is 6.60. The maximum atomic E-state index is 2.39. The van der Waals surface area contributed by atoms with Crippen molar-refractivity contribution in [3.8, 4) is 0 Å². The Labute approximate surface area is 95.2 Å². The summed E-state index contributed by atoms with van der Waals surface area (Å²) in [7, 11) is 0. The molecule has 0 aliphatic rings. The molecule has 0 aromatic heterocycles. The maximum Gasteiger partial charge on any atom is 0.0159 e. The average molecular weight is 216 g/mol. The van der Waals surface area contributed by atoms with Crippen LogP contribution in [0.25, 0.3) is 0 Å². The van der Waals surface area contributed by atoms with E-state index < -0.39 is 0 Å². The lowest BCUT2D eigenvalue weighted by molar-refractivity contribution is 0.270. The minimum atomic E-state index is 0.348. The standard InChI is InChI=1S/C13H28S/c1-9-11(3,4)13(7,8)14-12(5,6)10-2/h9-10H2,1-8H3. The van der Waals surface area contributed by atoms with Gasteiger partial charge in [0.1, 0.15) is 0 Å². The Hall–Kier alpha value is 0.350. The fourth-order valence-electron chi connectivity index (χ4n) is 1.33. The smallest absolute Gasteiger partial charge is 0.0159 e. The van der Waals surface area contributed by atoms with Gasteiger partial charge in [-0.15, -0.1) is 11.8 Å². The van der Waals surface area contributed by atoms with Crippen LogP contribution in [0.2, 0.25) is 0 Å². The number of hydrogen-bond acceptors (Lipinski definition) is 1. The molecule has 0 aliphatic carbocycles. The highest BCUT2D eigenvalue weighted by atomic mass is 32.2. The van der Waals surface area contributed by atoms with E-state index in [0.717, 1.165) is 0 Å². The van der Waals surface area contributed by atoms with E-state index in [-0.39, 0.29) is 0 Å². The molecular weight excluding hydrogens is 188 g/mol. The Morgan fingerprint density at radius 2 is 1.21 bits per heavy atom. The van der Waals surface area contributed by atoms with Crippen LogP contribution in [0.1, 0.15) is 68.2 Å². The summed E-state index contributed by atoms with van der Waals surface area (Å²) in [6.45, 7) is 18.8. The van der Waals surface area contributed by atoms with Crippen molar-refractivity contribution < 1.29 is 0 Å². The van der Waals surface area contributed by atoms with Crippen LogP contribution in [0.5, 0.6) is 0 Å². The van der Waals surface area contributed by atoms with Crippen LogP contribution in [0.3, 0.4) is 0 Å². The van der Waals surface area contributed by atoms with Gasteiger partial charge in [0.15, 0.2) is 0 Å². The highest BCUT2D eigenvalue weighted by Gasteiger charge is 2.39. The van der Waals surface area contributed by atoms with Crippen molar-refractivity contribution in [2.24, 2.45) is 5.41 Å². The number of hydrogen-bond donors (Lipinski definition) is 0. The van der Waals surface area contributed by atoms with Gasteiger partial charge in [-0.25, -0.2) is 0 Å². The van der Waals surface area contributed by atoms with E-state index in [1.807, 2.05) is 0 Å². The summed E-state index contributed by atoms with van der Waals surface area (Å²) in [6, 6.07) is 0. The third kappa shape index (κ3) is 3.49. The van der Waals surface area contributed by atoms with Gasteiger partial charge in [0, 0.05) is 9.49 Å². The van der Waals surface area contributed by atoms with Crippen LogP contribution in [0, 0.1) is 5.41 Å². The summed E-state index contributed by atoms with van der Waals surface area (Å²) in [4.78, 5) is 0. The molecule has 0 nitrogen and oxygen atoms in total. The molecule has 0 aromatic carbocycles. The molecule has 0 saturated carbocycles. The van der Waals surface area contributed by atoms with Gasteiger partial charge < -0.3 is 0 Å². The predicted octanol–water partition coefficient (Wildman–Crippen LogP) is 5.12. The van der Waals surface area contributed by atoms with Gasteiger partial charge in [-0.3, -0.25) is 0 Å². The van der Waals surface area contributed by atoms with Crippen molar-refractivity contribution in [1.29, 1.82) is 0 Å². The van der Waals surface area contributed by atoms with Gasteiger partial charge in [0.25, 0.3) is 0 Å². The molecule has 0 aliphatic heterocycles. The van der Waals surface area contributed by atoms with E-state index in [0.29, 0.717) is 14.9 Å². The molecule has 0 amide bonds. The first-order valence-electron chi connectivity index (χ1n) is 5.78. The number of thioether (sulfide) groups is 1. The van der Waals surface area contributed by atoms with Gasteiger partial charge in [0.2, 0.25) is 0 Å². The molecule has 0 fully saturated rings. The van der Waals surface area contributed by atoms with Gasteiger partial charge in [-0.05, 0) is 18.3 Å². The summed E-state index contributed by atoms with van der Waals surface area (Å²) in [6.07, 6.45) is 2.48. The van der Waals surface area contributed by atoms with Gasteiger partial charge in [-0.2, -0.15) is 0 Å². The van der Waals surface area contributed by atoms with E-state index in [2.05, 4.69) is 67.2 Å². The van der Waals surface area contributed by atoms with Gasteiger partial charge >= 0.3 is 0 Å². The van der Waals surface area contributed by atoms with Crippen molar-refractivity contribution >= 4 is 11.8 Å². The van der Waals surface area contributed by atoms with Crippen molar-refractivity contribution in [3.05, 3.63) is 0 Å². The molecule has 0 unspecified atom stereocenters. The number of rotatable bonds is 5. The monoisotopic (exact) mass is 216 g/mol. The van der Waals surface area contributed by atoms with Gasteiger partial charge in [0.05, 0.1) is 0 Å². The molecule has 0 spiro atoms. The second-order valence-corrected chi connectivity index (χ2v) is 8.29. The molecule has 86 valence electrons. The van der Waals surface area contributed by atoms with Crippen molar-refractivity contribution in [1.82, 2.24) is 0 Å². The minimum Gasteiger partial charge on any atom is -0.149 e. The largest absolute Gasteiger partial charge is 0.149 e. The first-order chi connectivity index (χ1) is 6.08. The van der Waals surface area contributed by atoms with Crippen molar-refractivity contribution in [3.63, 3.8) is 0 Å². The molecule has 0 radical (unpaired) electrons. The lowest BCUT2D eigenvalue weighted by Crippen LogP contribution is -2.39. The van der Waals surface area contributed by atoms with Gasteiger partial charge in [-0.1, -0.05) is 55.4 Å². The first kappa shape index (κ1) is 14.3. The highest BCUT2D eigenvalue weighted by Crippen LogP contribution is 2.49. The van der Waals surface area contributed by atoms with Crippen molar-refractivity contribution in [2.45, 2.75) is 77.7 Å². The molecule has 1 heteroatoms. The summed E-state index contributed by atoms with van der Waals surface area (Å²) >= 11 is 2.14. The molecule has 0 saturated heterocycles. The van der Waals surface area contributed by atoms with Crippen molar-refractivity contribution in [2.75, 3.05) is 0 Å². The zero-order valence-corrected chi connectivity index (χ0v) is 12.1. The molecule has 0 heterocycles. The van der Waals surface area contributed by atoms with Crippen LogP contribution in [-0.4, -0.2) is 9.49 Å². The van der Waals surface area contributed by atoms with E-state index >= 15 is 0 Å². The Bertz CT molecular complexity index is 178. The van der Waals surface area contributed by atoms with Crippen LogP contribution in [0.15, 0.2) is 0 Å². The summed E-state index contributed by atoms with van der Waals surface area (Å²) in [5.74, 6) is 0. The zero-order chi connectivity index (χ0) is 11.6. The Kier molecular flexibility index (Phi) is 4.58. The van der Waals surface area contributed by atoms with E-state index in [1.54, 1.807) is 0 Å². The molecule has 0 N–H and O–H groups in total. The van der Waals surface area contributed by atoms with E-state index in [9.17, 15) is 0 Å². The van der Waals surface area contributed by atoms with Crippen LogP contribution in [0.4, 0.5) is 0 Å². The lowest BCUT2D eigenvalue weighted by atomic mass is 9.78. The Morgan fingerprint density at radius 1 is 0.786 bits per heavy atom. The SMILES string of the molecule is CCC(C)(C)SC(C)(C)C(C)(C)CC. The average Bonchev–Trinajstić information content (AvgIpc) is 2.02. The maximum absolute atomic E-state index is 2.39. The molecule has 0 bridgehead atoms. The Balaban J connectivity index is 4.64. The molecule has 0 rings (SSSR count). The lowest BCUT2D eigenvalue weighted by Gasteiger charge is -2.45. The van der Waals surface area contributed by atoms with E-state index in [4.69, 9.17) is 0 Å². The fraction of sp³-hybridized carbons (Fsp3) is 1.00. The molecule has 0 atom stereocenters. The Morgan fingerprint density at radius 3 is 1.50 bits per heavy atom. The topological polar surface area (TPSA) is 0 Å². The zero-order valence-electron chi connectivity index (χ0n) is 11.3.